The van der Waals surface area contributed by atoms with Crippen LogP contribution in [0.2, 0.25) is 5.02 Å². The summed E-state index contributed by atoms with van der Waals surface area (Å²) in [6.07, 6.45) is 3.77. The van der Waals surface area contributed by atoms with Gasteiger partial charge in [-0.3, -0.25) is 0 Å². The molecule has 0 unspecified atom stereocenters. The van der Waals surface area contributed by atoms with Gasteiger partial charge < -0.3 is 4.40 Å². The molecule has 2 nitrogen and oxygen atoms in total. The first-order valence-electron chi connectivity index (χ1n) is 6.51. The van der Waals surface area contributed by atoms with Crippen LogP contribution in [0, 0.1) is 6.92 Å². The van der Waals surface area contributed by atoms with Crippen molar-refractivity contribution in [3.63, 3.8) is 0 Å². The number of aryl methyl sites for hydroxylation is 3. The van der Waals surface area contributed by atoms with Crippen molar-refractivity contribution in [1.29, 1.82) is 0 Å². The number of pyridine rings is 1. The summed E-state index contributed by atoms with van der Waals surface area (Å²) in [6, 6.07) is 12.5. The van der Waals surface area contributed by atoms with Gasteiger partial charge in [-0.1, -0.05) is 41.4 Å². The van der Waals surface area contributed by atoms with E-state index in [0.29, 0.717) is 0 Å². The summed E-state index contributed by atoms with van der Waals surface area (Å²) in [5.41, 5.74) is 3.66. The standard InChI is InChI=1S/C16H14BrClN2/c1-11-2-4-12(5-3-11)6-9-15-19-16(17)14-8-7-13(18)10-20(14)15/h2-5,7-8,10H,6,9H2,1H3. The van der Waals surface area contributed by atoms with Crippen LogP contribution in [0.25, 0.3) is 5.52 Å². The molecule has 0 aliphatic carbocycles. The molecule has 0 spiro atoms. The Labute approximate surface area is 131 Å². The molecular formula is C16H14BrClN2. The Morgan fingerprint density at radius 2 is 1.85 bits per heavy atom. The van der Waals surface area contributed by atoms with Crippen molar-refractivity contribution < 1.29 is 0 Å². The number of hydrogen-bond donors (Lipinski definition) is 0. The average Bonchev–Trinajstić information content (AvgIpc) is 2.74. The van der Waals surface area contributed by atoms with Crippen LogP contribution in [0.15, 0.2) is 47.2 Å². The van der Waals surface area contributed by atoms with Gasteiger partial charge in [0, 0.05) is 12.6 Å². The maximum atomic E-state index is 6.07. The second kappa shape index (κ2) is 5.58. The van der Waals surface area contributed by atoms with E-state index in [-0.39, 0.29) is 0 Å². The van der Waals surface area contributed by atoms with E-state index in [2.05, 4.69) is 56.5 Å². The zero-order valence-electron chi connectivity index (χ0n) is 11.1. The van der Waals surface area contributed by atoms with E-state index in [1.54, 1.807) is 0 Å². The smallest absolute Gasteiger partial charge is 0.132 e. The number of benzene rings is 1. The zero-order chi connectivity index (χ0) is 14.1. The van der Waals surface area contributed by atoms with E-state index in [1.165, 1.54) is 11.1 Å². The van der Waals surface area contributed by atoms with Crippen molar-refractivity contribution in [3.8, 4) is 0 Å². The Morgan fingerprint density at radius 3 is 2.60 bits per heavy atom. The van der Waals surface area contributed by atoms with E-state index in [0.717, 1.165) is 33.8 Å². The quantitative estimate of drug-likeness (QED) is 0.661. The van der Waals surface area contributed by atoms with Crippen molar-refractivity contribution in [3.05, 3.63) is 69.2 Å². The van der Waals surface area contributed by atoms with Crippen LogP contribution in [0.4, 0.5) is 0 Å². The first kappa shape index (κ1) is 13.7. The lowest BCUT2D eigenvalue weighted by Crippen LogP contribution is -1.98. The van der Waals surface area contributed by atoms with Gasteiger partial charge in [0.25, 0.3) is 0 Å². The molecule has 0 bridgehead atoms. The predicted molar refractivity (Wildman–Crippen MR) is 86.5 cm³/mol. The minimum Gasteiger partial charge on any atom is -0.301 e. The SMILES string of the molecule is Cc1ccc(CCc2nc(Br)c3ccc(Cl)cn23)cc1. The van der Waals surface area contributed by atoms with Crippen LogP contribution in [-0.4, -0.2) is 9.38 Å². The van der Waals surface area contributed by atoms with Gasteiger partial charge in [-0.05, 0) is 47.0 Å². The predicted octanol–water partition coefficient (Wildman–Crippen LogP) is 4.84. The normalized spacial score (nSPS) is 11.2. The first-order chi connectivity index (χ1) is 9.63. The highest BCUT2D eigenvalue weighted by molar-refractivity contribution is 9.10. The molecule has 0 aliphatic heterocycles. The van der Waals surface area contributed by atoms with E-state index in [1.807, 2.05) is 18.3 Å². The van der Waals surface area contributed by atoms with Crippen molar-refractivity contribution in [1.82, 2.24) is 9.38 Å². The minimum atomic E-state index is 0.721. The van der Waals surface area contributed by atoms with E-state index >= 15 is 0 Å². The van der Waals surface area contributed by atoms with E-state index in [4.69, 9.17) is 11.6 Å². The van der Waals surface area contributed by atoms with Crippen LogP contribution in [0.5, 0.6) is 0 Å². The fourth-order valence-corrected chi connectivity index (χ4v) is 2.96. The summed E-state index contributed by atoms with van der Waals surface area (Å²) in [4.78, 5) is 4.58. The molecule has 2 heterocycles. The second-order valence-corrected chi connectivity index (χ2v) is 6.09. The summed E-state index contributed by atoms with van der Waals surface area (Å²) in [6.45, 7) is 2.10. The third-order valence-electron chi connectivity index (χ3n) is 3.39. The van der Waals surface area contributed by atoms with Crippen molar-refractivity contribution in [2.75, 3.05) is 0 Å². The molecule has 20 heavy (non-hydrogen) atoms. The molecule has 1 aromatic carbocycles. The summed E-state index contributed by atoms with van der Waals surface area (Å²) >= 11 is 9.57. The number of imidazole rings is 1. The zero-order valence-corrected chi connectivity index (χ0v) is 13.4. The lowest BCUT2D eigenvalue weighted by atomic mass is 10.1. The third-order valence-corrected chi connectivity index (χ3v) is 4.19. The highest BCUT2D eigenvalue weighted by Gasteiger charge is 2.09. The van der Waals surface area contributed by atoms with Gasteiger partial charge in [0.2, 0.25) is 0 Å². The van der Waals surface area contributed by atoms with E-state index < -0.39 is 0 Å². The van der Waals surface area contributed by atoms with Gasteiger partial charge in [0.15, 0.2) is 0 Å². The molecular weight excluding hydrogens is 336 g/mol. The molecule has 0 fully saturated rings. The summed E-state index contributed by atoms with van der Waals surface area (Å²) in [7, 11) is 0. The summed E-state index contributed by atoms with van der Waals surface area (Å²) in [5, 5.41) is 0.721. The maximum absolute atomic E-state index is 6.07. The third kappa shape index (κ3) is 2.74. The number of aromatic nitrogens is 2. The molecule has 0 saturated heterocycles. The van der Waals surface area contributed by atoms with Gasteiger partial charge in [-0.25, -0.2) is 4.98 Å². The summed E-state index contributed by atoms with van der Waals surface area (Å²) in [5.74, 6) is 1.02. The van der Waals surface area contributed by atoms with Crippen molar-refractivity contribution >= 4 is 33.0 Å². The Hall–Kier alpha value is -1.32. The molecule has 0 aliphatic rings. The van der Waals surface area contributed by atoms with Crippen molar-refractivity contribution in [2.24, 2.45) is 0 Å². The van der Waals surface area contributed by atoms with Gasteiger partial charge >= 0.3 is 0 Å². The fourth-order valence-electron chi connectivity index (χ4n) is 2.27. The van der Waals surface area contributed by atoms with Gasteiger partial charge in [0.1, 0.15) is 10.4 Å². The molecule has 3 rings (SSSR count). The fraction of sp³-hybridized carbons (Fsp3) is 0.188. The number of rotatable bonds is 3. The maximum Gasteiger partial charge on any atom is 0.132 e. The highest BCUT2D eigenvalue weighted by atomic mass is 79.9. The number of halogens is 2. The van der Waals surface area contributed by atoms with Crippen LogP contribution in [0.1, 0.15) is 17.0 Å². The van der Waals surface area contributed by atoms with Gasteiger partial charge in [-0.2, -0.15) is 0 Å². The van der Waals surface area contributed by atoms with Crippen LogP contribution < -0.4 is 0 Å². The molecule has 3 aromatic rings. The topological polar surface area (TPSA) is 17.3 Å². The van der Waals surface area contributed by atoms with E-state index in [9.17, 15) is 0 Å². The average molecular weight is 350 g/mol. The monoisotopic (exact) mass is 348 g/mol. The summed E-state index contributed by atoms with van der Waals surface area (Å²) < 4.78 is 2.92. The van der Waals surface area contributed by atoms with Crippen molar-refractivity contribution in [2.45, 2.75) is 19.8 Å². The van der Waals surface area contributed by atoms with Gasteiger partial charge in [-0.15, -0.1) is 0 Å². The molecule has 2 aromatic heterocycles. The molecule has 0 amide bonds. The molecule has 0 N–H and O–H groups in total. The second-order valence-electron chi connectivity index (χ2n) is 4.91. The lowest BCUT2D eigenvalue weighted by molar-refractivity contribution is 0.852. The molecule has 0 radical (unpaired) electrons. The molecule has 4 heteroatoms. The number of fused-ring (bicyclic) bond motifs is 1. The molecule has 0 atom stereocenters. The lowest BCUT2D eigenvalue weighted by Gasteiger charge is -2.03. The Bertz CT molecular complexity index is 747. The van der Waals surface area contributed by atoms with Gasteiger partial charge in [0.05, 0.1) is 10.5 Å². The molecule has 102 valence electrons. The Morgan fingerprint density at radius 1 is 1.10 bits per heavy atom. The number of hydrogen-bond acceptors (Lipinski definition) is 1. The first-order valence-corrected chi connectivity index (χ1v) is 7.68. The van der Waals surface area contributed by atoms with Crippen LogP contribution >= 0.6 is 27.5 Å². The highest BCUT2D eigenvalue weighted by Crippen LogP contribution is 2.22. The van der Waals surface area contributed by atoms with Crippen LogP contribution in [-0.2, 0) is 12.8 Å². The number of nitrogens with zero attached hydrogens (tertiary/aromatic N) is 2. The largest absolute Gasteiger partial charge is 0.301 e. The Kier molecular flexibility index (Phi) is 3.81. The Balaban J connectivity index is 1.87. The minimum absolute atomic E-state index is 0.721. The molecule has 0 saturated carbocycles. The van der Waals surface area contributed by atoms with Crippen LogP contribution in [0.3, 0.4) is 0 Å².